The maximum absolute atomic E-state index is 12.8. The monoisotopic (exact) mass is 560 g/mol. The molecule has 0 bridgehead atoms. The minimum absolute atomic E-state index is 0.0407. The van der Waals surface area contributed by atoms with Gasteiger partial charge in [-0.15, -0.1) is 6.58 Å². The number of fused-ring (bicyclic) bond motifs is 1. The van der Waals surface area contributed by atoms with E-state index < -0.39 is 5.91 Å². The van der Waals surface area contributed by atoms with Crippen LogP contribution in [0.1, 0.15) is 23.6 Å². The summed E-state index contributed by atoms with van der Waals surface area (Å²) < 4.78 is 23.7. The van der Waals surface area contributed by atoms with Gasteiger partial charge in [0.2, 0.25) is 6.79 Å². The fourth-order valence-electron chi connectivity index (χ4n) is 3.77. The van der Waals surface area contributed by atoms with E-state index in [4.69, 9.17) is 18.9 Å². The van der Waals surface area contributed by atoms with Gasteiger partial charge < -0.3 is 24.3 Å². The topological polar surface area (TPSA) is 89.8 Å². The van der Waals surface area contributed by atoms with Gasteiger partial charge in [0.05, 0.1) is 6.61 Å². The maximum atomic E-state index is 12.8. The largest absolute Gasteiger partial charge is 0.490 e. The van der Waals surface area contributed by atoms with E-state index in [9.17, 15) is 10.1 Å². The Labute approximate surface area is 224 Å². The number of hydrogen-bond acceptors (Lipinski definition) is 6. The number of hydrogen-bond donors (Lipinski definition) is 1. The lowest BCUT2D eigenvalue weighted by molar-refractivity contribution is -0.112. The normalized spacial score (nSPS) is 12.0. The molecule has 4 rings (SSSR count). The lowest BCUT2D eigenvalue weighted by Gasteiger charge is -2.17. The lowest BCUT2D eigenvalue weighted by atomic mass is 10.0. The fraction of sp³-hybridized carbons (Fsp3) is 0.172. The number of carbonyl (C=O) groups is 1. The highest BCUT2D eigenvalue weighted by Gasteiger charge is 2.17. The number of carbonyl (C=O) groups excluding carboxylic acids is 1. The predicted molar refractivity (Wildman–Crippen MR) is 145 cm³/mol. The van der Waals surface area contributed by atoms with Gasteiger partial charge in [-0.25, -0.2) is 0 Å². The number of halogens is 1. The Kier molecular flexibility index (Phi) is 8.49. The Balaban J connectivity index is 1.61. The van der Waals surface area contributed by atoms with Crippen LogP contribution in [0.5, 0.6) is 23.0 Å². The van der Waals surface area contributed by atoms with Gasteiger partial charge in [0.25, 0.3) is 5.91 Å². The summed E-state index contributed by atoms with van der Waals surface area (Å²) in [6.45, 7) is 6.64. The van der Waals surface area contributed by atoms with Gasteiger partial charge in [-0.1, -0.05) is 34.1 Å². The Morgan fingerprint density at radius 2 is 2.00 bits per heavy atom. The van der Waals surface area contributed by atoms with E-state index >= 15 is 0 Å². The number of nitrogens with zero attached hydrogens (tertiary/aromatic N) is 1. The molecular formula is C29H25BrN2O5. The van der Waals surface area contributed by atoms with Crippen LogP contribution in [-0.4, -0.2) is 19.3 Å². The molecule has 1 amide bonds. The van der Waals surface area contributed by atoms with Crippen LogP contribution in [0.2, 0.25) is 0 Å². The molecule has 0 spiro atoms. The van der Waals surface area contributed by atoms with Crippen molar-refractivity contribution in [3.05, 3.63) is 94.0 Å². The number of anilines is 1. The lowest BCUT2D eigenvalue weighted by Crippen LogP contribution is -2.13. The summed E-state index contributed by atoms with van der Waals surface area (Å²) in [4.78, 5) is 12.8. The number of amides is 1. The third-order valence-corrected chi connectivity index (χ3v) is 5.89. The molecule has 8 heteroatoms. The van der Waals surface area contributed by atoms with Crippen molar-refractivity contribution in [1.82, 2.24) is 0 Å². The molecule has 188 valence electrons. The van der Waals surface area contributed by atoms with E-state index in [0.717, 1.165) is 15.6 Å². The second-order valence-corrected chi connectivity index (χ2v) is 8.96. The fourth-order valence-corrected chi connectivity index (χ4v) is 4.17. The van der Waals surface area contributed by atoms with Crippen LogP contribution in [0.4, 0.5) is 5.69 Å². The summed E-state index contributed by atoms with van der Waals surface area (Å²) in [5, 5.41) is 12.4. The van der Waals surface area contributed by atoms with Gasteiger partial charge in [-0.3, -0.25) is 4.79 Å². The van der Waals surface area contributed by atoms with Gasteiger partial charge in [-0.05, 0) is 73.0 Å². The average Bonchev–Trinajstić information content (AvgIpc) is 3.35. The zero-order valence-corrected chi connectivity index (χ0v) is 21.8. The molecule has 0 radical (unpaired) electrons. The van der Waals surface area contributed by atoms with Gasteiger partial charge in [0, 0.05) is 15.7 Å². The molecule has 0 atom stereocenters. The zero-order valence-electron chi connectivity index (χ0n) is 20.3. The summed E-state index contributed by atoms with van der Waals surface area (Å²) in [5.41, 5.74) is 2.90. The molecule has 1 heterocycles. The van der Waals surface area contributed by atoms with Crippen molar-refractivity contribution in [3.8, 4) is 29.1 Å². The second-order valence-electron chi connectivity index (χ2n) is 8.04. The minimum atomic E-state index is -0.507. The molecule has 3 aromatic rings. The molecule has 0 saturated heterocycles. The molecule has 0 saturated carbocycles. The van der Waals surface area contributed by atoms with Crippen molar-refractivity contribution in [2.45, 2.75) is 20.0 Å². The van der Waals surface area contributed by atoms with Gasteiger partial charge in [-0.2, -0.15) is 5.26 Å². The highest BCUT2D eigenvalue weighted by atomic mass is 79.9. The van der Waals surface area contributed by atoms with Crippen LogP contribution >= 0.6 is 15.9 Å². The molecule has 0 aromatic heterocycles. The third kappa shape index (κ3) is 6.51. The Morgan fingerprint density at radius 1 is 1.16 bits per heavy atom. The first-order valence-electron chi connectivity index (χ1n) is 11.6. The molecule has 0 aliphatic carbocycles. The van der Waals surface area contributed by atoms with Crippen molar-refractivity contribution >= 4 is 33.6 Å². The average molecular weight is 561 g/mol. The molecule has 1 N–H and O–H groups in total. The number of benzene rings is 3. The standard InChI is InChI=1S/C29H25BrN2O5/c1-3-6-21-11-20(12-22(16-31)29(33)32-24-8-5-7-23(30)15-24)14-27(34-4-2)28(21)35-17-19-9-10-25-26(13-19)37-18-36-25/h3,5,7-15H,1,4,6,17-18H2,2H3,(H,32,33)/b22-12-. The van der Waals surface area contributed by atoms with Crippen LogP contribution in [0, 0.1) is 11.3 Å². The Morgan fingerprint density at radius 3 is 2.76 bits per heavy atom. The van der Waals surface area contributed by atoms with Crippen LogP contribution < -0.4 is 24.3 Å². The number of ether oxygens (including phenoxy) is 4. The molecule has 1 aliphatic heterocycles. The number of nitrogens with one attached hydrogen (secondary N) is 1. The van der Waals surface area contributed by atoms with E-state index in [1.54, 1.807) is 30.3 Å². The highest BCUT2D eigenvalue weighted by molar-refractivity contribution is 9.10. The quantitative estimate of drug-likeness (QED) is 0.174. The first kappa shape index (κ1) is 25.9. The Bertz CT molecular complexity index is 1390. The highest BCUT2D eigenvalue weighted by Crippen LogP contribution is 2.37. The smallest absolute Gasteiger partial charge is 0.266 e. The predicted octanol–water partition coefficient (Wildman–Crippen LogP) is 6.43. The summed E-state index contributed by atoms with van der Waals surface area (Å²) in [6.07, 6.45) is 3.80. The zero-order chi connectivity index (χ0) is 26.2. The van der Waals surface area contributed by atoms with Crippen LogP contribution in [0.3, 0.4) is 0 Å². The number of rotatable bonds is 10. The summed E-state index contributed by atoms with van der Waals surface area (Å²) in [5.74, 6) is 1.97. The van der Waals surface area contributed by atoms with E-state index in [2.05, 4.69) is 27.8 Å². The van der Waals surface area contributed by atoms with Crippen molar-refractivity contribution < 1.29 is 23.7 Å². The molecular weight excluding hydrogens is 536 g/mol. The van der Waals surface area contributed by atoms with E-state index in [0.29, 0.717) is 47.3 Å². The molecule has 7 nitrogen and oxygen atoms in total. The van der Waals surface area contributed by atoms with Crippen molar-refractivity contribution in [2.24, 2.45) is 0 Å². The number of allylic oxidation sites excluding steroid dienone is 1. The second kappa shape index (κ2) is 12.2. The SMILES string of the molecule is C=CCc1cc(/C=C(/C#N)C(=O)Nc2cccc(Br)c2)cc(OCC)c1OCc1ccc2c(c1)OCO2. The molecule has 1 aliphatic rings. The first-order chi connectivity index (χ1) is 18.0. The molecule has 37 heavy (non-hydrogen) atoms. The number of nitriles is 1. The molecule has 0 fully saturated rings. The molecule has 0 unspecified atom stereocenters. The molecule has 3 aromatic carbocycles. The van der Waals surface area contributed by atoms with E-state index in [1.807, 2.05) is 43.3 Å². The van der Waals surface area contributed by atoms with E-state index in [1.165, 1.54) is 6.08 Å². The maximum Gasteiger partial charge on any atom is 0.266 e. The summed E-state index contributed by atoms with van der Waals surface area (Å²) >= 11 is 3.38. The minimum Gasteiger partial charge on any atom is -0.490 e. The van der Waals surface area contributed by atoms with Crippen LogP contribution in [-0.2, 0) is 17.8 Å². The van der Waals surface area contributed by atoms with Gasteiger partial charge in [0.15, 0.2) is 23.0 Å². The van der Waals surface area contributed by atoms with Gasteiger partial charge in [0.1, 0.15) is 18.2 Å². The third-order valence-electron chi connectivity index (χ3n) is 5.40. The van der Waals surface area contributed by atoms with Crippen LogP contribution in [0.25, 0.3) is 6.08 Å². The van der Waals surface area contributed by atoms with Gasteiger partial charge >= 0.3 is 0 Å². The van der Waals surface area contributed by atoms with E-state index in [-0.39, 0.29) is 19.0 Å². The van der Waals surface area contributed by atoms with Crippen LogP contribution in [0.15, 0.2) is 77.3 Å². The first-order valence-corrected chi connectivity index (χ1v) is 12.4. The van der Waals surface area contributed by atoms with Crippen molar-refractivity contribution in [2.75, 3.05) is 18.7 Å². The summed E-state index contributed by atoms with van der Waals surface area (Å²) in [6, 6.07) is 18.4. The van der Waals surface area contributed by atoms with Crippen molar-refractivity contribution in [3.63, 3.8) is 0 Å². The van der Waals surface area contributed by atoms with Crippen molar-refractivity contribution in [1.29, 1.82) is 5.26 Å². The summed E-state index contributed by atoms with van der Waals surface area (Å²) in [7, 11) is 0. The Hall–Kier alpha value is -4.22.